The van der Waals surface area contributed by atoms with Gasteiger partial charge >= 0.3 is 0 Å². The van der Waals surface area contributed by atoms with Crippen LogP contribution in [0.2, 0.25) is 0 Å². The van der Waals surface area contributed by atoms with Crippen LogP contribution < -0.4 is 5.73 Å². The summed E-state index contributed by atoms with van der Waals surface area (Å²) in [6, 6.07) is 0. The van der Waals surface area contributed by atoms with Crippen LogP contribution in [0.3, 0.4) is 0 Å². The second-order valence-electron chi connectivity index (χ2n) is 1.59. The fraction of sp³-hybridized carbons (Fsp3) is 0.750. The minimum Gasteiger partial charge on any atom is -0.330 e. The molecule has 4 nitrogen and oxygen atoms in total. The lowest BCUT2D eigenvalue weighted by molar-refractivity contribution is 1.03. The van der Waals surface area contributed by atoms with E-state index < -0.39 is 0 Å². The molecule has 8 heavy (non-hydrogen) atoms. The van der Waals surface area contributed by atoms with Crippen LogP contribution in [0.25, 0.3) is 0 Å². The van der Waals surface area contributed by atoms with Crippen molar-refractivity contribution in [3.63, 3.8) is 0 Å². The first-order valence-corrected chi connectivity index (χ1v) is 2.56. The Hall–Kier alpha value is -0.770. The van der Waals surface area contributed by atoms with Gasteiger partial charge in [0, 0.05) is 6.42 Å². The summed E-state index contributed by atoms with van der Waals surface area (Å²) in [5, 5.41) is 10.8. The summed E-state index contributed by atoms with van der Waals surface area (Å²) in [6.45, 7) is 1.29. The molecule has 0 aromatic carbocycles. The molecule has 0 aliphatic carbocycles. The van der Waals surface area contributed by atoms with Crippen molar-refractivity contribution < 1.29 is 0 Å². The van der Waals surface area contributed by atoms with Gasteiger partial charge in [-0.05, 0) is 11.8 Å². The quantitative estimate of drug-likeness (QED) is 0.543. The molecular formula is C4H8N4. The van der Waals surface area contributed by atoms with Gasteiger partial charge in [0.05, 0.1) is 5.71 Å². The highest BCUT2D eigenvalue weighted by molar-refractivity contribution is 5.87. The van der Waals surface area contributed by atoms with Crippen molar-refractivity contribution in [1.82, 2.24) is 0 Å². The number of rotatable bonds is 2. The third kappa shape index (κ3) is 1.10. The molecule has 1 aliphatic heterocycles. The van der Waals surface area contributed by atoms with Crippen LogP contribution in [0.4, 0.5) is 0 Å². The van der Waals surface area contributed by atoms with E-state index in [9.17, 15) is 0 Å². The van der Waals surface area contributed by atoms with Crippen molar-refractivity contribution in [3.8, 4) is 0 Å². The van der Waals surface area contributed by atoms with Crippen LogP contribution in [0.5, 0.6) is 0 Å². The molecule has 0 saturated carbocycles. The van der Waals surface area contributed by atoms with Crippen LogP contribution in [-0.4, -0.2) is 18.8 Å². The van der Waals surface area contributed by atoms with Gasteiger partial charge in [-0.1, -0.05) is 0 Å². The molecule has 44 valence electrons. The zero-order valence-corrected chi connectivity index (χ0v) is 4.54. The fourth-order valence-electron chi connectivity index (χ4n) is 0.535. The number of nitrogens with zero attached hydrogens (tertiary/aromatic N) is 3. The molecule has 0 spiro atoms. The molecule has 0 bridgehead atoms. The Morgan fingerprint density at radius 2 is 2.50 bits per heavy atom. The molecule has 0 amide bonds. The highest BCUT2D eigenvalue weighted by Gasteiger charge is 2.00. The first-order chi connectivity index (χ1) is 3.93. The lowest BCUT2D eigenvalue weighted by atomic mass is 10.3. The second kappa shape index (κ2) is 2.52. The standard InChI is InChI=1S/C4H8N4/c5-2-1-4-3-6-8-7-4/h1-3,5H2. The van der Waals surface area contributed by atoms with E-state index >= 15 is 0 Å². The molecule has 0 saturated heterocycles. The van der Waals surface area contributed by atoms with Gasteiger partial charge in [-0.25, -0.2) is 0 Å². The number of hydrogen-bond acceptors (Lipinski definition) is 4. The minimum atomic E-state index is 0.643. The highest BCUT2D eigenvalue weighted by Crippen LogP contribution is 1.95. The molecule has 1 aliphatic rings. The van der Waals surface area contributed by atoms with Crippen molar-refractivity contribution in [1.29, 1.82) is 0 Å². The Morgan fingerprint density at radius 3 is 3.00 bits per heavy atom. The van der Waals surface area contributed by atoms with E-state index in [0.717, 1.165) is 12.1 Å². The van der Waals surface area contributed by atoms with E-state index in [2.05, 4.69) is 15.4 Å². The molecule has 1 rings (SSSR count). The minimum absolute atomic E-state index is 0.643. The van der Waals surface area contributed by atoms with Gasteiger partial charge in [0.2, 0.25) is 0 Å². The molecule has 0 fully saturated rings. The molecule has 2 N–H and O–H groups in total. The smallest absolute Gasteiger partial charge is 0.102 e. The highest BCUT2D eigenvalue weighted by atomic mass is 15.4. The summed E-state index contributed by atoms with van der Waals surface area (Å²) in [4.78, 5) is 0. The van der Waals surface area contributed by atoms with Crippen LogP contribution >= 0.6 is 0 Å². The first kappa shape index (κ1) is 5.37. The lowest BCUT2D eigenvalue weighted by Gasteiger charge is -1.88. The van der Waals surface area contributed by atoms with Crippen molar-refractivity contribution in [3.05, 3.63) is 0 Å². The normalized spacial score (nSPS) is 16.9. The van der Waals surface area contributed by atoms with E-state index in [0.29, 0.717) is 13.1 Å². The van der Waals surface area contributed by atoms with Gasteiger partial charge < -0.3 is 5.73 Å². The van der Waals surface area contributed by atoms with Crippen molar-refractivity contribution >= 4 is 5.71 Å². The van der Waals surface area contributed by atoms with Crippen LogP contribution in [-0.2, 0) is 0 Å². The van der Waals surface area contributed by atoms with Crippen molar-refractivity contribution in [2.24, 2.45) is 21.2 Å². The molecule has 0 atom stereocenters. The maximum atomic E-state index is 5.24. The van der Waals surface area contributed by atoms with E-state index in [1.54, 1.807) is 0 Å². The summed E-state index contributed by atoms with van der Waals surface area (Å²) in [7, 11) is 0. The number of nitrogens with two attached hydrogens (primary N) is 1. The molecule has 0 aromatic rings. The fourth-order valence-corrected chi connectivity index (χ4v) is 0.535. The molecule has 4 heteroatoms. The first-order valence-electron chi connectivity index (χ1n) is 2.56. The van der Waals surface area contributed by atoms with Gasteiger partial charge in [-0.3, -0.25) is 0 Å². The average molecular weight is 112 g/mol. The monoisotopic (exact) mass is 112 g/mol. The van der Waals surface area contributed by atoms with E-state index in [1.807, 2.05) is 0 Å². The maximum Gasteiger partial charge on any atom is 0.102 e. The molecule has 0 radical (unpaired) electrons. The van der Waals surface area contributed by atoms with E-state index in [4.69, 9.17) is 5.73 Å². The predicted molar refractivity (Wildman–Crippen MR) is 30.8 cm³/mol. The Balaban J connectivity index is 2.28. The van der Waals surface area contributed by atoms with Gasteiger partial charge in [0.25, 0.3) is 0 Å². The van der Waals surface area contributed by atoms with Crippen LogP contribution in [0, 0.1) is 0 Å². The van der Waals surface area contributed by atoms with Gasteiger partial charge in [-0.15, -0.1) is 5.10 Å². The largest absolute Gasteiger partial charge is 0.330 e. The van der Waals surface area contributed by atoms with Gasteiger partial charge in [-0.2, -0.15) is 5.11 Å². The Morgan fingerprint density at radius 1 is 1.62 bits per heavy atom. The SMILES string of the molecule is NCCC1=NN=NC1. The summed E-state index contributed by atoms with van der Waals surface area (Å²) < 4.78 is 0. The molecule has 1 heterocycles. The van der Waals surface area contributed by atoms with Crippen LogP contribution in [0.15, 0.2) is 15.4 Å². The predicted octanol–water partition coefficient (Wildman–Crippen LogP) is 0.157. The van der Waals surface area contributed by atoms with Gasteiger partial charge in [0.1, 0.15) is 6.54 Å². The Kier molecular flexibility index (Phi) is 1.69. The van der Waals surface area contributed by atoms with Crippen molar-refractivity contribution in [2.45, 2.75) is 6.42 Å². The zero-order chi connectivity index (χ0) is 5.82. The maximum absolute atomic E-state index is 5.24. The summed E-state index contributed by atoms with van der Waals surface area (Å²) in [5.74, 6) is 0. The Labute approximate surface area is 47.5 Å². The average Bonchev–Trinajstić information content (AvgIpc) is 2.19. The summed E-state index contributed by atoms with van der Waals surface area (Å²) in [6.07, 6.45) is 0.826. The molecule has 0 unspecified atom stereocenters. The number of hydrogen-bond donors (Lipinski definition) is 1. The zero-order valence-electron chi connectivity index (χ0n) is 4.54. The topological polar surface area (TPSA) is 63.1 Å². The Bertz CT molecular complexity index is 126. The van der Waals surface area contributed by atoms with Crippen molar-refractivity contribution in [2.75, 3.05) is 13.1 Å². The molecular weight excluding hydrogens is 104 g/mol. The second-order valence-corrected chi connectivity index (χ2v) is 1.59. The summed E-state index contributed by atoms with van der Waals surface area (Å²) >= 11 is 0. The lowest BCUT2D eigenvalue weighted by Crippen LogP contribution is -2.08. The van der Waals surface area contributed by atoms with E-state index in [1.165, 1.54) is 0 Å². The van der Waals surface area contributed by atoms with Gasteiger partial charge in [0.15, 0.2) is 0 Å². The third-order valence-corrected chi connectivity index (χ3v) is 0.936. The third-order valence-electron chi connectivity index (χ3n) is 0.936. The molecule has 0 aromatic heterocycles. The van der Waals surface area contributed by atoms with Crippen LogP contribution in [0.1, 0.15) is 6.42 Å². The summed E-state index contributed by atoms with van der Waals surface area (Å²) in [5.41, 5.74) is 6.24. The van der Waals surface area contributed by atoms with E-state index in [-0.39, 0.29) is 0 Å².